The standard InChI is InChI=1S/C26H23N3O5/c30-23(31)14-26(12-13-26)29-24(32)21-10-5-11-22(27-21)28-25(33)34-15-20-18-8-3-1-6-16(18)17-7-2-4-9-19(17)20/h1-11,20H,12-15H2,(H,29,32)(H,30,31)(H,27,28,33). The highest BCUT2D eigenvalue weighted by atomic mass is 16.5. The van der Waals surface area contributed by atoms with Crippen molar-refractivity contribution in [2.24, 2.45) is 0 Å². The van der Waals surface area contributed by atoms with Crippen molar-refractivity contribution in [3.63, 3.8) is 0 Å². The van der Waals surface area contributed by atoms with E-state index in [1.807, 2.05) is 36.4 Å². The summed E-state index contributed by atoms with van der Waals surface area (Å²) in [7, 11) is 0. The Morgan fingerprint density at radius 2 is 1.59 bits per heavy atom. The van der Waals surface area contributed by atoms with Crippen LogP contribution < -0.4 is 10.6 Å². The maximum atomic E-state index is 12.5. The first-order chi connectivity index (χ1) is 16.4. The molecule has 1 fully saturated rings. The summed E-state index contributed by atoms with van der Waals surface area (Å²) in [5, 5.41) is 14.3. The molecule has 2 amide bonds. The number of carboxylic acid groups (broad SMARTS) is 1. The Morgan fingerprint density at radius 3 is 2.21 bits per heavy atom. The van der Waals surface area contributed by atoms with Gasteiger partial charge in [-0.2, -0.15) is 0 Å². The molecule has 0 spiro atoms. The number of nitrogens with zero attached hydrogens (tertiary/aromatic N) is 1. The van der Waals surface area contributed by atoms with Crippen LogP contribution in [0.4, 0.5) is 10.6 Å². The minimum Gasteiger partial charge on any atom is -0.481 e. The van der Waals surface area contributed by atoms with Crippen LogP contribution in [0, 0.1) is 0 Å². The number of benzene rings is 2. The molecule has 8 heteroatoms. The van der Waals surface area contributed by atoms with Gasteiger partial charge in [0.2, 0.25) is 0 Å². The van der Waals surface area contributed by atoms with E-state index in [4.69, 9.17) is 9.84 Å². The average Bonchev–Trinajstić information content (AvgIpc) is 3.49. The monoisotopic (exact) mass is 457 g/mol. The van der Waals surface area contributed by atoms with Gasteiger partial charge in [0.25, 0.3) is 5.91 Å². The second-order valence-corrected chi connectivity index (χ2v) is 8.66. The molecule has 5 rings (SSSR count). The van der Waals surface area contributed by atoms with Crippen molar-refractivity contribution in [2.45, 2.75) is 30.7 Å². The molecule has 1 heterocycles. The maximum Gasteiger partial charge on any atom is 0.412 e. The highest BCUT2D eigenvalue weighted by Gasteiger charge is 2.46. The molecule has 1 aromatic heterocycles. The van der Waals surface area contributed by atoms with Crippen molar-refractivity contribution >= 4 is 23.8 Å². The lowest BCUT2D eigenvalue weighted by Crippen LogP contribution is -2.39. The molecule has 3 aromatic rings. The third-order valence-corrected chi connectivity index (χ3v) is 6.28. The number of amides is 2. The van der Waals surface area contributed by atoms with Crippen molar-refractivity contribution < 1.29 is 24.2 Å². The summed E-state index contributed by atoms with van der Waals surface area (Å²) in [6, 6.07) is 20.8. The molecule has 2 aromatic carbocycles. The molecule has 172 valence electrons. The van der Waals surface area contributed by atoms with Gasteiger partial charge in [-0.3, -0.25) is 14.9 Å². The van der Waals surface area contributed by atoms with E-state index >= 15 is 0 Å². The van der Waals surface area contributed by atoms with E-state index in [9.17, 15) is 14.4 Å². The first-order valence-corrected chi connectivity index (χ1v) is 11.1. The minimum absolute atomic E-state index is 0.0628. The Balaban J connectivity index is 1.22. The third-order valence-electron chi connectivity index (χ3n) is 6.28. The summed E-state index contributed by atoms with van der Waals surface area (Å²) < 4.78 is 5.52. The normalized spacial score (nSPS) is 15.1. The van der Waals surface area contributed by atoms with Crippen LogP contribution in [-0.2, 0) is 9.53 Å². The molecule has 0 bridgehead atoms. The number of hydrogen-bond acceptors (Lipinski definition) is 5. The van der Waals surface area contributed by atoms with E-state index in [-0.39, 0.29) is 30.5 Å². The fraction of sp³-hybridized carbons (Fsp3) is 0.231. The molecule has 0 saturated heterocycles. The van der Waals surface area contributed by atoms with Crippen molar-refractivity contribution in [2.75, 3.05) is 11.9 Å². The van der Waals surface area contributed by atoms with Crippen LogP contribution in [0.15, 0.2) is 66.7 Å². The number of carboxylic acids is 1. The predicted molar refractivity (Wildman–Crippen MR) is 125 cm³/mol. The van der Waals surface area contributed by atoms with E-state index in [0.29, 0.717) is 12.8 Å². The SMILES string of the molecule is O=C(O)CC1(NC(=O)c2cccc(NC(=O)OCC3c4ccccc4-c4ccccc43)n2)CC1. The summed E-state index contributed by atoms with van der Waals surface area (Å²) in [6.45, 7) is 0.164. The number of fused-ring (bicyclic) bond motifs is 3. The number of hydrogen-bond donors (Lipinski definition) is 3. The van der Waals surface area contributed by atoms with Gasteiger partial charge in [0.15, 0.2) is 0 Å². The fourth-order valence-electron chi connectivity index (χ4n) is 4.46. The second-order valence-electron chi connectivity index (χ2n) is 8.66. The molecule has 34 heavy (non-hydrogen) atoms. The highest BCUT2D eigenvalue weighted by molar-refractivity contribution is 5.94. The van der Waals surface area contributed by atoms with Crippen LogP contribution in [-0.4, -0.2) is 40.2 Å². The summed E-state index contributed by atoms with van der Waals surface area (Å²) in [4.78, 5) is 40.2. The molecular weight excluding hydrogens is 434 g/mol. The number of pyridine rings is 1. The predicted octanol–water partition coefficient (Wildman–Crippen LogP) is 4.18. The van der Waals surface area contributed by atoms with Crippen molar-refractivity contribution in [1.29, 1.82) is 0 Å². The molecule has 2 aliphatic rings. The highest BCUT2D eigenvalue weighted by Crippen LogP contribution is 2.44. The van der Waals surface area contributed by atoms with Crippen LogP contribution in [0.1, 0.15) is 46.8 Å². The Labute approximate surface area is 196 Å². The number of anilines is 1. The minimum atomic E-state index is -0.962. The van der Waals surface area contributed by atoms with E-state index in [2.05, 4.69) is 27.8 Å². The largest absolute Gasteiger partial charge is 0.481 e. The van der Waals surface area contributed by atoms with Gasteiger partial charge < -0.3 is 15.2 Å². The molecular formula is C26H23N3O5. The summed E-state index contributed by atoms with van der Waals surface area (Å²) in [5.41, 5.74) is 3.90. The van der Waals surface area contributed by atoms with E-state index in [1.165, 1.54) is 6.07 Å². The first-order valence-electron chi connectivity index (χ1n) is 11.1. The quantitative estimate of drug-likeness (QED) is 0.490. The number of carbonyl (C=O) groups is 3. The van der Waals surface area contributed by atoms with Crippen molar-refractivity contribution in [1.82, 2.24) is 10.3 Å². The number of aromatic nitrogens is 1. The van der Waals surface area contributed by atoms with Gasteiger partial charge in [-0.05, 0) is 47.2 Å². The van der Waals surface area contributed by atoms with Gasteiger partial charge in [-0.25, -0.2) is 9.78 Å². The summed E-state index contributed by atoms with van der Waals surface area (Å²) >= 11 is 0. The number of rotatable bonds is 7. The molecule has 3 N–H and O–H groups in total. The van der Waals surface area contributed by atoms with Crippen LogP contribution in [0.2, 0.25) is 0 Å². The van der Waals surface area contributed by atoms with Gasteiger partial charge in [0.1, 0.15) is 18.1 Å². The van der Waals surface area contributed by atoms with Gasteiger partial charge >= 0.3 is 12.1 Å². The number of carbonyl (C=O) groups excluding carboxylic acids is 2. The molecule has 0 atom stereocenters. The summed E-state index contributed by atoms with van der Waals surface area (Å²) in [5.74, 6) is -1.33. The zero-order valence-electron chi connectivity index (χ0n) is 18.3. The Morgan fingerprint density at radius 1 is 0.941 bits per heavy atom. The number of ether oxygens (including phenoxy) is 1. The van der Waals surface area contributed by atoms with Gasteiger partial charge in [0.05, 0.1) is 12.0 Å². The lowest BCUT2D eigenvalue weighted by atomic mass is 9.98. The number of aliphatic carboxylic acids is 1. The van der Waals surface area contributed by atoms with Crippen molar-refractivity contribution in [3.05, 3.63) is 83.6 Å². The van der Waals surface area contributed by atoms with Gasteiger partial charge in [0, 0.05) is 5.92 Å². The maximum absolute atomic E-state index is 12.5. The third kappa shape index (κ3) is 4.34. The molecule has 2 aliphatic carbocycles. The zero-order chi connectivity index (χ0) is 23.7. The van der Waals surface area contributed by atoms with E-state index in [0.717, 1.165) is 22.3 Å². The molecule has 0 aliphatic heterocycles. The van der Waals surface area contributed by atoms with Gasteiger partial charge in [-0.15, -0.1) is 0 Å². The Hall–Kier alpha value is -4.20. The van der Waals surface area contributed by atoms with Gasteiger partial charge in [-0.1, -0.05) is 54.6 Å². The van der Waals surface area contributed by atoms with Crippen LogP contribution in [0.25, 0.3) is 11.1 Å². The summed E-state index contributed by atoms with van der Waals surface area (Å²) in [6.07, 6.45) is 0.429. The van der Waals surface area contributed by atoms with Crippen LogP contribution in [0.3, 0.4) is 0 Å². The molecule has 0 unspecified atom stereocenters. The van der Waals surface area contributed by atoms with E-state index < -0.39 is 23.5 Å². The Kier molecular flexibility index (Phi) is 5.49. The molecule has 0 radical (unpaired) electrons. The Bertz CT molecular complexity index is 1240. The van der Waals surface area contributed by atoms with Crippen molar-refractivity contribution in [3.8, 4) is 11.1 Å². The first kappa shape index (κ1) is 21.6. The topological polar surface area (TPSA) is 118 Å². The molecule has 1 saturated carbocycles. The fourth-order valence-corrected chi connectivity index (χ4v) is 4.46. The molecule has 8 nitrogen and oxygen atoms in total. The lowest BCUT2D eigenvalue weighted by Gasteiger charge is -2.16. The van der Waals surface area contributed by atoms with Crippen LogP contribution in [0.5, 0.6) is 0 Å². The second kappa shape index (κ2) is 8.62. The van der Waals surface area contributed by atoms with Crippen LogP contribution >= 0.6 is 0 Å². The smallest absolute Gasteiger partial charge is 0.412 e. The average molecular weight is 457 g/mol. The zero-order valence-corrected chi connectivity index (χ0v) is 18.3. The number of nitrogens with one attached hydrogen (secondary N) is 2. The van der Waals surface area contributed by atoms with E-state index in [1.54, 1.807) is 12.1 Å². The lowest BCUT2D eigenvalue weighted by molar-refractivity contribution is -0.137.